The van der Waals surface area contributed by atoms with E-state index in [1.807, 2.05) is 37.3 Å². The molecule has 0 atom stereocenters. The molecule has 3 heteroatoms. The van der Waals surface area contributed by atoms with E-state index in [9.17, 15) is 0 Å². The van der Waals surface area contributed by atoms with E-state index in [1.54, 1.807) is 0 Å². The quantitative estimate of drug-likeness (QED) is 0.104. The van der Waals surface area contributed by atoms with Crippen LogP contribution in [0.3, 0.4) is 0 Å². The van der Waals surface area contributed by atoms with Crippen LogP contribution in [0.4, 0.5) is 0 Å². The van der Waals surface area contributed by atoms with Gasteiger partial charge in [0.2, 0.25) is 0 Å². The van der Waals surface area contributed by atoms with Gasteiger partial charge in [-0.1, -0.05) is 115 Å². The second kappa shape index (κ2) is 20.1. The molecule has 0 unspecified atom stereocenters. The molecular weight excluding hydrogens is 866 g/mol. The van der Waals surface area contributed by atoms with E-state index < -0.39 is 0 Å². The van der Waals surface area contributed by atoms with Crippen molar-refractivity contribution in [3.8, 4) is 66.8 Å². The Morgan fingerprint density at radius 1 is 0.472 bits per heavy atom. The van der Waals surface area contributed by atoms with E-state index in [4.69, 9.17) is 4.42 Å². The van der Waals surface area contributed by atoms with E-state index in [0.29, 0.717) is 0 Å². The number of hydrogen-bond donors (Lipinski definition) is 0. The van der Waals surface area contributed by atoms with Crippen molar-refractivity contribution >= 4 is 57.5 Å². The van der Waals surface area contributed by atoms with Crippen molar-refractivity contribution in [2.45, 2.75) is 27.7 Å². The van der Waals surface area contributed by atoms with Crippen LogP contribution in [0.1, 0.15) is 29.2 Å². The van der Waals surface area contributed by atoms with E-state index >= 15 is 0 Å². The van der Waals surface area contributed by atoms with Crippen molar-refractivity contribution in [3.05, 3.63) is 271 Å². The number of furan rings is 1. The van der Waals surface area contributed by atoms with E-state index in [0.717, 1.165) is 33.1 Å². The molecule has 0 bridgehead atoms. The molecule has 0 amide bonds. The fraction of sp³-hybridized carbons (Fsp3) is 0.0580. The first-order chi connectivity index (χ1) is 35.3. The summed E-state index contributed by atoms with van der Waals surface area (Å²) in [7, 11) is 0. The normalized spacial score (nSPS) is 11.9. The minimum atomic E-state index is 0.114. The van der Waals surface area contributed by atoms with Crippen LogP contribution >= 0.6 is 0 Å². The number of hydrogen-bond acceptors (Lipinski definition) is 1. The molecule has 3 heterocycles. The Kier molecular flexibility index (Phi) is 12.8. The second-order valence-electron chi connectivity index (χ2n) is 19.0. The molecule has 1 aliphatic heterocycles. The van der Waals surface area contributed by atoms with Gasteiger partial charge in [0.25, 0.3) is 0 Å². The van der Waals surface area contributed by atoms with Gasteiger partial charge in [0.05, 0.1) is 0 Å². The van der Waals surface area contributed by atoms with Crippen LogP contribution in [0.15, 0.2) is 253 Å². The molecule has 0 aliphatic carbocycles. The molecule has 0 radical (unpaired) electrons. The second-order valence-corrected chi connectivity index (χ2v) is 19.0. The Balaban J connectivity index is 0.000000740. The summed E-state index contributed by atoms with van der Waals surface area (Å²) in [6, 6.07) is 75.3. The first-order valence-corrected chi connectivity index (χ1v) is 25.0. The fourth-order valence-electron chi connectivity index (χ4n) is 10.5. The van der Waals surface area contributed by atoms with Crippen LogP contribution in [0.25, 0.3) is 94.3 Å². The minimum Gasteiger partial charge on any atom is -0.0622 e. The molecule has 12 rings (SSSR count). The number of rotatable bonds is 9. The van der Waals surface area contributed by atoms with Crippen molar-refractivity contribution in [3.63, 3.8) is 0 Å². The van der Waals surface area contributed by atoms with Gasteiger partial charge in [0, 0.05) is 10.8 Å². The van der Waals surface area contributed by atoms with Crippen LogP contribution in [0.5, 0.6) is 0 Å². The molecule has 0 N–H and O–H groups in total. The SMILES string of the molecule is C=C/C(=C\C=C/C)c1cccc(-c2ccc(C)c(-c3cc(-c4ccc5oc6ccc(B7c8ccccc8-c8cc(-c9cccc(-c%10cbccc%10)c9)ccc87)cc6c5c4)ccc3C)c2)c1.Cc1ccccc1. The van der Waals surface area contributed by atoms with Gasteiger partial charge in [-0.3, -0.25) is 0 Å². The minimum absolute atomic E-state index is 0.114. The van der Waals surface area contributed by atoms with Gasteiger partial charge in [0.1, 0.15) is 11.2 Å². The molecule has 0 spiro atoms. The Morgan fingerprint density at radius 2 is 1.04 bits per heavy atom. The Morgan fingerprint density at radius 3 is 1.72 bits per heavy atom. The van der Waals surface area contributed by atoms with Crippen molar-refractivity contribution < 1.29 is 4.42 Å². The molecule has 9 aromatic carbocycles. The standard InChI is InChI=1S/C62H46B2O.C7H8/c1-5-7-13-42(6-2)43-14-10-15-44(32-43)47-23-21-40(3)54(34-47)55-35-48(24-22-41(55)4)50-26-29-61-57(37-50)58-38-52(27-30-62(58)65-61)64-59-20-9-8-19-53(59)56-36-49(25-28-60(56)64)45-16-11-17-46(33-45)51-18-12-31-63-39-51;1-7-5-3-2-4-6-7/h5-39H,2H2,1,3-4H3;2-6H,1H3/b7-5-,42-13+;. The van der Waals surface area contributed by atoms with Crippen LogP contribution in [-0.2, 0) is 0 Å². The summed E-state index contributed by atoms with van der Waals surface area (Å²) in [6.45, 7) is 14.8. The summed E-state index contributed by atoms with van der Waals surface area (Å²) >= 11 is 0. The Labute approximate surface area is 425 Å². The van der Waals surface area contributed by atoms with Gasteiger partial charge in [0.15, 0.2) is 0 Å². The summed E-state index contributed by atoms with van der Waals surface area (Å²) in [5.41, 5.74) is 26.5. The van der Waals surface area contributed by atoms with Gasteiger partial charge in [-0.2, -0.15) is 0 Å². The molecule has 1 nitrogen and oxygen atoms in total. The first-order valence-electron chi connectivity index (χ1n) is 25.0. The predicted octanol–water partition coefficient (Wildman–Crippen LogP) is 16.5. The van der Waals surface area contributed by atoms with Gasteiger partial charge in [-0.25, -0.2) is 0 Å². The van der Waals surface area contributed by atoms with Crippen LogP contribution in [-0.4, -0.2) is 13.6 Å². The van der Waals surface area contributed by atoms with Crippen LogP contribution in [0.2, 0.25) is 0 Å². The number of benzene rings is 9. The van der Waals surface area contributed by atoms with Crippen molar-refractivity contribution in [2.24, 2.45) is 0 Å². The van der Waals surface area contributed by atoms with Gasteiger partial charge < -0.3 is 4.42 Å². The summed E-state index contributed by atoms with van der Waals surface area (Å²) in [5, 5.41) is 2.26. The third kappa shape index (κ3) is 9.07. The predicted molar refractivity (Wildman–Crippen MR) is 312 cm³/mol. The molecule has 0 saturated carbocycles. The summed E-state index contributed by atoms with van der Waals surface area (Å²) in [4.78, 5) is 0. The third-order valence-electron chi connectivity index (χ3n) is 14.3. The van der Waals surface area contributed by atoms with Crippen LogP contribution in [0, 0.1) is 20.8 Å². The average Bonchev–Trinajstić information content (AvgIpc) is 3.97. The van der Waals surface area contributed by atoms with Crippen LogP contribution < -0.4 is 16.4 Å². The first kappa shape index (κ1) is 45.9. The summed E-state index contributed by atoms with van der Waals surface area (Å²) in [6.07, 6.45) is 8.14. The van der Waals surface area contributed by atoms with E-state index in [1.165, 1.54) is 99.8 Å². The number of aryl methyl sites for hydroxylation is 3. The molecule has 72 heavy (non-hydrogen) atoms. The maximum atomic E-state index is 6.53. The zero-order valence-corrected chi connectivity index (χ0v) is 41.4. The molecule has 1 aliphatic rings. The Hall–Kier alpha value is -8.52. The van der Waals surface area contributed by atoms with Crippen molar-refractivity contribution in [1.29, 1.82) is 0 Å². The monoisotopic (exact) mass is 920 g/mol. The molecule has 0 fully saturated rings. The van der Waals surface area contributed by atoms with Gasteiger partial charge >= 0.3 is 166 Å². The average molecular weight is 921 g/mol. The molecule has 11 aromatic rings. The number of fused-ring (bicyclic) bond motifs is 6. The summed E-state index contributed by atoms with van der Waals surface area (Å²) < 4.78 is 6.53. The third-order valence-corrected chi connectivity index (χ3v) is 14.3. The smallest absolute Gasteiger partial charge is 0.0622 e. The van der Waals surface area contributed by atoms with E-state index in [-0.39, 0.29) is 6.71 Å². The molecular formula is C69H54B2O. The number of allylic oxidation sites excluding steroid dienone is 5. The zero-order chi connectivity index (χ0) is 49.1. The van der Waals surface area contributed by atoms with E-state index in [2.05, 4.69) is 246 Å². The Bertz CT molecular complexity index is 3870. The molecule has 0 saturated heterocycles. The molecule has 2 aromatic heterocycles. The topological polar surface area (TPSA) is 13.1 Å². The van der Waals surface area contributed by atoms with Crippen molar-refractivity contribution in [1.82, 2.24) is 0 Å². The van der Waals surface area contributed by atoms with Crippen molar-refractivity contribution in [2.75, 3.05) is 0 Å². The van der Waals surface area contributed by atoms with Gasteiger partial charge in [-0.05, 0) is 120 Å². The zero-order valence-electron chi connectivity index (χ0n) is 41.4. The summed E-state index contributed by atoms with van der Waals surface area (Å²) in [5.74, 6) is 4.25. The fourth-order valence-corrected chi connectivity index (χ4v) is 10.5. The molecule has 342 valence electrons. The van der Waals surface area contributed by atoms with Gasteiger partial charge in [-0.15, -0.1) is 0 Å². The maximum absolute atomic E-state index is 6.53.